The number of carbonyl (C=O) groups is 1. The van der Waals surface area contributed by atoms with Crippen molar-refractivity contribution in [1.82, 2.24) is 0 Å². The van der Waals surface area contributed by atoms with Crippen LogP contribution in [-0.4, -0.2) is 37.5 Å². The molecule has 0 aliphatic rings. The van der Waals surface area contributed by atoms with Gasteiger partial charge in [-0.2, -0.15) is 0 Å². The maximum Gasteiger partial charge on any atom is 0.335 e. The standard InChI is InChI=1S/C10H18O4/c1-3-4-6-14-10(12)9(2)8-13-7-5-11/h11H,2-8H2,1H3. The zero-order valence-corrected chi connectivity index (χ0v) is 8.62. The predicted octanol–water partition coefficient (Wildman–Crippen LogP) is 0.895. The molecule has 0 unspecified atom stereocenters. The van der Waals surface area contributed by atoms with Gasteiger partial charge in [0.15, 0.2) is 0 Å². The summed E-state index contributed by atoms with van der Waals surface area (Å²) < 4.78 is 9.82. The van der Waals surface area contributed by atoms with Crippen LogP contribution >= 0.6 is 0 Å². The summed E-state index contributed by atoms with van der Waals surface area (Å²) >= 11 is 0. The van der Waals surface area contributed by atoms with E-state index in [1.54, 1.807) is 0 Å². The zero-order valence-electron chi connectivity index (χ0n) is 8.62. The van der Waals surface area contributed by atoms with Crippen LogP contribution in [0.3, 0.4) is 0 Å². The molecule has 0 heterocycles. The van der Waals surface area contributed by atoms with Crippen molar-refractivity contribution in [1.29, 1.82) is 0 Å². The molecule has 1 N–H and O–H groups in total. The Balaban J connectivity index is 3.50. The Hall–Kier alpha value is -0.870. The van der Waals surface area contributed by atoms with E-state index >= 15 is 0 Å². The SMILES string of the molecule is C=C(COCCO)C(=O)OCCCC. The van der Waals surface area contributed by atoms with Crippen LogP contribution in [0.25, 0.3) is 0 Å². The fourth-order valence-electron chi connectivity index (χ4n) is 0.730. The van der Waals surface area contributed by atoms with Crippen LogP contribution in [0.4, 0.5) is 0 Å². The molecule has 0 aromatic rings. The van der Waals surface area contributed by atoms with Gasteiger partial charge in [0.05, 0.1) is 32.0 Å². The number of aliphatic hydroxyl groups excluding tert-OH is 1. The first kappa shape index (κ1) is 13.1. The maximum atomic E-state index is 11.1. The topological polar surface area (TPSA) is 55.8 Å². The van der Waals surface area contributed by atoms with Crippen LogP contribution in [-0.2, 0) is 14.3 Å². The fourth-order valence-corrected chi connectivity index (χ4v) is 0.730. The van der Waals surface area contributed by atoms with Gasteiger partial charge in [0.25, 0.3) is 0 Å². The maximum absolute atomic E-state index is 11.1. The third kappa shape index (κ3) is 6.62. The highest BCUT2D eigenvalue weighted by molar-refractivity contribution is 5.87. The summed E-state index contributed by atoms with van der Waals surface area (Å²) in [6.45, 7) is 6.24. The first-order chi connectivity index (χ1) is 6.72. The molecule has 0 spiro atoms. The number of ether oxygens (including phenoxy) is 2. The second-order valence-electron chi connectivity index (χ2n) is 2.87. The molecule has 0 atom stereocenters. The number of hydrogen-bond donors (Lipinski definition) is 1. The van der Waals surface area contributed by atoms with Gasteiger partial charge in [-0.15, -0.1) is 0 Å². The molecule has 0 radical (unpaired) electrons. The molecule has 0 fully saturated rings. The first-order valence-electron chi connectivity index (χ1n) is 4.75. The highest BCUT2D eigenvalue weighted by Crippen LogP contribution is 1.97. The molecule has 0 aliphatic carbocycles. The van der Waals surface area contributed by atoms with Crippen molar-refractivity contribution in [2.24, 2.45) is 0 Å². The van der Waals surface area contributed by atoms with E-state index < -0.39 is 5.97 Å². The van der Waals surface area contributed by atoms with Crippen molar-refractivity contribution in [3.63, 3.8) is 0 Å². The summed E-state index contributed by atoms with van der Waals surface area (Å²) in [5.74, 6) is -0.420. The molecule has 0 amide bonds. The zero-order chi connectivity index (χ0) is 10.8. The number of aliphatic hydroxyl groups is 1. The first-order valence-corrected chi connectivity index (χ1v) is 4.75. The van der Waals surface area contributed by atoms with E-state index in [0.717, 1.165) is 12.8 Å². The van der Waals surface area contributed by atoms with Gasteiger partial charge in [-0.1, -0.05) is 19.9 Å². The van der Waals surface area contributed by atoms with E-state index in [1.165, 1.54) is 0 Å². The van der Waals surface area contributed by atoms with Crippen molar-refractivity contribution in [2.75, 3.05) is 26.4 Å². The lowest BCUT2D eigenvalue weighted by molar-refractivity contribution is -0.139. The predicted molar refractivity (Wildman–Crippen MR) is 52.9 cm³/mol. The molecular formula is C10H18O4. The van der Waals surface area contributed by atoms with Gasteiger partial charge in [-0.25, -0.2) is 4.79 Å². The molecule has 0 aromatic heterocycles. The smallest absolute Gasteiger partial charge is 0.335 e. The summed E-state index contributed by atoms with van der Waals surface area (Å²) in [7, 11) is 0. The van der Waals surface area contributed by atoms with Gasteiger partial charge < -0.3 is 14.6 Å². The lowest BCUT2D eigenvalue weighted by atomic mass is 10.3. The third-order valence-electron chi connectivity index (χ3n) is 1.53. The van der Waals surface area contributed by atoms with Crippen molar-refractivity contribution in [3.8, 4) is 0 Å². The van der Waals surface area contributed by atoms with Gasteiger partial charge in [-0.05, 0) is 6.42 Å². The number of esters is 1. The monoisotopic (exact) mass is 202 g/mol. The van der Waals surface area contributed by atoms with E-state index in [2.05, 4.69) is 6.58 Å². The molecule has 4 heteroatoms. The Morgan fingerprint density at radius 1 is 1.43 bits per heavy atom. The van der Waals surface area contributed by atoms with Crippen LogP contribution in [0.2, 0.25) is 0 Å². The van der Waals surface area contributed by atoms with Crippen LogP contribution < -0.4 is 0 Å². The Bertz CT molecular complexity index is 157. The number of rotatable bonds is 8. The Kier molecular flexibility index (Phi) is 8.17. The second-order valence-corrected chi connectivity index (χ2v) is 2.87. The minimum atomic E-state index is -0.420. The van der Waals surface area contributed by atoms with Crippen molar-refractivity contribution < 1.29 is 19.4 Å². The van der Waals surface area contributed by atoms with Gasteiger partial charge in [0.2, 0.25) is 0 Å². The molecule has 0 bridgehead atoms. The van der Waals surface area contributed by atoms with Crippen LogP contribution in [0.15, 0.2) is 12.2 Å². The minimum absolute atomic E-state index is 0.0574. The third-order valence-corrected chi connectivity index (χ3v) is 1.53. The highest BCUT2D eigenvalue weighted by atomic mass is 16.5. The van der Waals surface area contributed by atoms with Crippen molar-refractivity contribution >= 4 is 5.97 Å². The van der Waals surface area contributed by atoms with Crippen LogP contribution in [0.1, 0.15) is 19.8 Å². The quantitative estimate of drug-likeness (QED) is 0.361. The molecule has 0 saturated carbocycles. The lowest BCUT2D eigenvalue weighted by Gasteiger charge is -2.06. The minimum Gasteiger partial charge on any atom is -0.462 e. The van der Waals surface area contributed by atoms with Gasteiger partial charge in [-0.3, -0.25) is 0 Å². The summed E-state index contributed by atoms with van der Waals surface area (Å²) in [6.07, 6.45) is 1.84. The van der Waals surface area contributed by atoms with E-state index in [0.29, 0.717) is 6.61 Å². The Labute approximate surface area is 84.5 Å². The second kappa shape index (κ2) is 8.72. The molecule has 0 aromatic carbocycles. The van der Waals surface area contributed by atoms with Gasteiger partial charge >= 0.3 is 5.97 Å². The van der Waals surface area contributed by atoms with Crippen molar-refractivity contribution in [2.45, 2.75) is 19.8 Å². The average molecular weight is 202 g/mol. The molecule has 14 heavy (non-hydrogen) atoms. The summed E-state index contributed by atoms with van der Waals surface area (Å²) in [5, 5.41) is 8.42. The summed E-state index contributed by atoms with van der Waals surface area (Å²) in [6, 6.07) is 0. The number of carbonyl (C=O) groups excluding carboxylic acids is 1. The number of hydrogen-bond acceptors (Lipinski definition) is 4. The Morgan fingerprint density at radius 2 is 2.14 bits per heavy atom. The highest BCUT2D eigenvalue weighted by Gasteiger charge is 2.07. The molecule has 82 valence electrons. The van der Waals surface area contributed by atoms with E-state index in [-0.39, 0.29) is 25.4 Å². The largest absolute Gasteiger partial charge is 0.462 e. The van der Waals surface area contributed by atoms with Gasteiger partial charge in [0, 0.05) is 0 Å². The Morgan fingerprint density at radius 3 is 2.71 bits per heavy atom. The molecule has 0 aliphatic heterocycles. The fraction of sp³-hybridized carbons (Fsp3) is 0.700. The number of unbranched alkanes of at least 4 members (excludes halogenated alkanes) is 1. The van der Waals surface area contributed by atoms with Crippen molar-refractivity contribution in [3.05, 3.63) is 12.2 Å². The molecular weight excluding hydrogens is 184 g/mol. The lowest BCUT2D eigenvalue weighted by Crippen LogP contribution is -2.13. The molecule has 4 nitrogen and oxygen atoms in total. The van der Waals surface area contributed by atoms with Crippen LogP contribution in [0, 0.1) is 0 Å². The van der Waals surface area contributed by atoms with E-state index in [1.807, 2.05) is 6.92 Å². The van der Waals surface area contributed by atoms with E-state index in [4.69, 9.17) is 14.6 Å². The molecule has 0 rings (SSSR count). The van der Waals surface area contributed by atoms with E-state index in [9.17, 15) is 4.79 Å². The van der Waals surface area contributed by atoms with Gasteiger partial charge in [0.1, 0.15) is 0 Å². The normalized spacial score (nSPS) is 9.86. The summed E-state index contributed by atoms with van der Waals surface area (Å²) in [4.78, 5) is 11.1. The molecule has 0 saturated heterocycles. The van der Waals surface area contributed by atoms with Crippen LogP contribution in [0.5, 0.6) is 0 Å². The average Bonchev–Trinajstić information content (AvgIpc) is 2.18. The summed E-state index contributed by atoms with van der Waals surface area (Å²) in [5.41, 5.74) is 0.287.